The van der Waals surface area contributed by atoms with Gasteiger partial charge in [-0.3, -0.25) is 4.90 Å². The van der Waals surface area contributed by atoms with Crippen molar-refractivity contribution in [2.24, 2.45) is 0 Å². The molecule has 1 saturated heterocycles. The van der Waals surface area contributed by atoms with E-state index < -0.39 is 10.0 Å². The molecule has 5 heteroatoms. The van der Waals surface area contributed by atoms with Gasteiger partial charge < -0.3 is 0 Å². The molecule has 0 saturated carbocycles. The van der Waals surface area contributed by atoms with Gasteiger partial charge in [-0.2, -0.15) is 0 Å². The molecule has 0 aromatic heterocycles. The molecule has 4 nitrogen and oxygen atoms in total. The van der Waals surface area contributed by atoms with E-state index in [4.69, 9.17) is 0 Å². The van der Waals surface area contributed by atoms with Crippen molar-refractivity contribution in [1.82, 2.24) is 9.62 Å². The van der Waals surface area contributed by atoms with Crippen LogP contribution in [0.15, 0.2) is 24.3 Å². The van der Waals surface area contributed by atoms with Crippen LogP contribution in [0, 0.1) is 0 Å². The molecule has 1 aromatic rings. The quantitative estimate of drug-likeness (QED) is 0.923. The van der Waals surface area contributed by atoms with Gasteiger partial charge in [0.2, 0.25) is 10.0 Å². The van der Waals surface area contributed by atoms with Crippen LogP contribution in [-0.2, 0) is 16.4 Å². The van der Waals surface area contributed by atoms with Gasteiger partial charge in [0.25, 0.3) is 0 Å². The third kappa shape index (κ3) is 2.75. The summed E-state index contributed by atoms with van der Waals surface area (Å²) in [7, 11) is -3.10. The Hall–Kier alpha value is -0.910. The van der Waals surface area contributed by atoms with Gasteiger partial charge >= 0.3 is 0 Å². The van der Waals surface area contributed by atoms with Gasteiger partial charge in [0, 0.05) is 25.2 Å². The number of benzene rings is 1. The van der Waals surface area contributed by atoms with Crippen LogP contribution >= 0.6 is 0 Å². The molecule has 0 bridgehead atoms. The molecule has 2 atom stereocenters. The summed E-state index contributed by atoms with van der Waals surface area (Å²) >= 11 is 0. The molecular weight excluding hydrogens is 272 g/mol. The van der Waals surface area contributed by atoms with E-state index in [-0.39, 0.29) is 11.8 Å². The molecule has 3 rings (SSSR count). The molecule has 20 heavy (non-hydrogen) atoms. The van der Waals surface area contributed by atoms with Crippen LogP contribution in [0.4, 0.5) is 0 Å². The third-order valence-electron chi connectivity index (χ3n) is 4.52. The summed E-state index contributed by atoms with van der Waals surface area (Å²) in [6, 6.07) is 9.03. The van der Waals surface area contributed by atoms with Crippen molar-refractivity contribution in [2.75, 3.05) is 18.8 Å². The maximum atomic E-state index is 11.7. The zero-order chi connectivity index (χ0) is 14.2. The van der Waals surface area contributed by atoms with Gasteiger partial charge in [0.05, 0.1) is 5.75 Å². The topological polar surface area (TPSA) is 49.4 Å². The molecule has 2 aliphatic heterocycles. The molecule has 2 heterocycles. The zero-order valence-electron chi connectivity index (χ0n) is 11.9. The van der Waals surface area contributed by atoms with Gasteiger partial charge in [0.1, 0.15) is 0 Å². The molecule has 0 aliphatic carbocycles. The zero-order valence-corrected chi connectivity index (χ0v) is 12.7. The fourth-order valence-corrected chi connectivity index (χ4v) is 4.29. The summed E-state index contributed by atoms with van der Waals surface area (Å²) in [5.41, 5.74) is 2.81. The number of piperidine rings is 1. The fraction of sp³-hybridized carbons (Fsp3) is 0.600. The van der Waals surface area contributed by atoms with Crippen LogP contribution in [0.5, 0.6) is 0 Å². The largest absolute Gasteiger partial charge is 0.296 e. The van der Waals surface area contributed by atoms with Gasteiger partial charge in [-0.25, -0.2) is 13.1 Å². The van der Waals surface area contributed by atoms with Crippen molar-refractivity contribution >= 4 is 10.0 Å². The maximum Gasteiger partial charge on any atom is 0.211 e. The SMILES string of the molecule is CCS(=O)(=O)N[C@H]1CCN2CCc3ccccc3[C@@H]2C1. The molecule has 110 valence electrons. The molecule has 0 amide bonds. The van der Waals surface area contributed by atoms with E-state index in [0.29, 0.717) is 6.04 Å². The minimum Gasteiger partial charge on any atom is -0.296 e. The second kappa shape index (κ2) is 5.47. The van der Waals surface area contributed by atoms with Gasteiger partial charge in [-0.1, -0.05) is 24.3 Å². The molecule has 1 N–H and O–H groups in total. The summed E-state index contributed by atoms with van der Waals surface area (Å²) in [6.07, 6.45) is 2.91. The second-order valence-electron chi connectivity index (χ2n) is 5.74. The number of hydrogen-bond donors (Lipinski definition) is 1. The second-order valence-corrected chi connectivity index (χ2v) is 7.79. The van der Waals surface area contributed by atoms with Crippen molar-refractivity contribution in [3.05, 3.63) is 35.4 Å². The van der Waals surface area contributed by atoms with Crippen molar-refractivity contribution in [3.8, 4) is 0 Å². The highest BCUT2D eigenvalue weighted by Gasteiger charge is 2.34. The first-order valence-electron chi connectivity index (χ1n) is 7.41. The lowest BCUT2D eigenvalue weighted by Gasteiger charge is -2.43. The number of rotatable bonds is 3. The lowest BCUT2D eigenvalue weighted by molar-refractivity contribution is 0.122. The van der Waals surface area contributed by atoms with Crippen molar-refractivity contribution in [3.63, 3.8) is 0 Å². The van der Waals surface area contributed by atoms with E-state index in [1.54, 1.807) is 6.92 Å². The summed E-state index contributed by atoms with van der Waals surface area (Å²) in [6.45, 7) is 3.76. The first-order valence-corrected chi connectivity index (χ1v) is 9.06. The van der Waals surface area contributed by atoms with E-state index in [2.05, 4.69) is 33.9 Å². The Balaban J connectivity index is 1.79. The van der Waals surface area contributed by atoms with Gasteiger partial charge in [-0.15, -0.1) is 0 Å². The lowest BCUT2D eigenvalue weighted by Crippen LogP contribution is -2.48. The number of nitrogens with zero attached hydrogens (tertiary/aromatic N) is 1. The van der Waals surface area contributed by atoms with Crippen LogP contribution in [0.3, 0.4) is 0 Å². The highest BCUT2D eigenvalue weighted by atomic mass is 32.2. The third-order valence-corrected chi connectivity index (χ3v) is 5.97. The Labute approximate surface area is 121 Å². The highest BCUT2D eigenvalue weighted by molar-refractivity contribution is 7.89. The minimum absolute atomic E-state index is 0.0763. The molecule has 0 spiro atoms. The van der Waals surface area contributed by atoms with E-state index in [1.165, 1.54) is 11.1 Å². The fourth-order valence-electron chi connectivity index (χ4n) is 3.40. The summed E-state index contributed by atoms with van der Waals surface area (Å²) < 4.78 is 26.4. The Morgan fingerprint density at radius 1 is 1.30 bits per heavy atom. The monoisotopic (exact) mass is 294 g/mol. The van der Waals surface area contributed by atoms with Crippen molar-refractivity contribution < 1.29 is 8.42 Å². The average molecular weight is 294 g/mol. The standard InChI is InChI=1S/C15H22N2O2S/c1-2-20(18,19)16-13-8-10-17-9-7-12-5-3-4-6-14(12)15(17)11-13/h3-6,13,15-16H,2,7-11H2,1H3/t13-,15-/m0/s1. The number of sulfonamides is 1. The maximum absolute atomic E-state index is 11.7. The van der Waals surface area contributed by atoms with E-state index >= 15 is 0 Å². The summed E-state index contributed by atoms with van der Waals surface area (Å²) in [4.78, 5) is 2.50. The predicted molar refractivity (Wildman–Crippen MR) is 80.1 cm³/mol. The van der Waals surface area contributed by atoms with E-state index in [9.17, 15) is 8.42 Å². The molecular formula is C15H22N2O2S. The molecule has 2 aliphatic rings. The van der Waals surface area contributed by atoms with Crippen LogP contribution in [0.1, 0.15) is 36.9 Å². The normalized spacial score (nSPS) is 26.9. The first-order chi connectivity index (χ1) is 9.59. The summed E-state index contributed by atoms with van der Waals surface area (Å²) in [5.74, 6) is 0.161. The Bertz CT molecular complexity index is 585. The molecule has 1 aromatic carbocycles. The van der Waals surface area contributed by atoms with Crippen LogP contribution in [0.25, 0.3) is 0 Å². The van der Waals surface area contributed by atoms with E-state index in [1.807, 2.05) is 0 Å². The molecule has 0 radical (unpaired) electrons. The molecule has 0 unspecified atom stereocenters. The van der Waals surface area contributed by atoms with Gasteiger partial charge in [0.15, 0.2) is 0 Å². The number of nitrogens with one attached hydrogen (secondary N) is 1. The van der Waals surface area contributed by atoms with Crippen LogP contribution in [0.2, 0.25) is 0 Å². The highest BCUT2D eigenvalue weighted by Crippen LogP contribution is 2.36. The van der Waals surface area contributed by atoms with Crippen molar-refractivity contribution in [2.45, 2.75) is 38.3 Å². The smallest absolute Gasteiger partial charge is 0.211 e. The average Bonchev–Trinajstić information content (AvgIpc) is 2.47. The predicted octanol–water partition coefficient (Wildman–Crippen LogP) is 1.69. The Kier molecular flexibility index (Phi) is 3.84. The van der Waals surface area contributed by atoms with Gasteiger partial charge in [-0.05, 0) is 37.3 Å². The van der Waals surface area contributed by atoms with E-state index in [0.717, 1.165) is 32.4 Å². The number of fused-ring (bicyclic) bond motifs is 3. The number of hydrogen-bond acceptors (Lipinski definition) is 3. The molecule has 1 fully saturated rings. The van der Waals surface area contributed by atoms with Crippen LogP contribution < -0.4 is 4.72 Å². The Morgan fingerprint density at radius 3 is 2.90 bits per heavy atom. The van der Waals surface area contributed by atoms with Crippen LogP contribution in [-0.4, -0.2) is 38.2 Å². The van der Waals surface area contributed by atoms with Crippen molar-refractivity contribution in [1.29, 1.82) is 0 Å². The first kappa shape index (κ1) is 14.0. The lowest BCUT2D eigenvalue weighted by atomic mass is 9.85. The Morgan fingerprint density at radius 2 is 2.10 bits per heavy atom. The minimum atomic E-state index is -3.10. The summed E-state index contributed by atoms with van der Waals surface area (Å²) in [5, 5.41) is 0.